The summed E-state index contributed by atoms with van der Waals surface area (Å²) in [7, 11) is 1.60. The Bertz CT molecular complexity index is 479. The van der Waals surface area contributed by atoms with Crippen LogP contribution >= 0.6 is 0 Å². The molecule has 0 unspecified atom stereocenters. The van der Waals surface area contributed by atoms with Gasteiger partial charge in [-0.2, -0.15) is 0 Å². The maximum atomic E-state index is 11.8. The molecule has 1 saturated carbocycles. The predicted octanol–water partition coefficient (Wildman–Crippen LogP) is 1.19. The quantitative estimate of drug-likeness (QED) is 0.737. The molecule has 21 heavy (non-hydrogen) atoms. The third-order valence-electron chi connectivity index (χ3n) is 3.84. The Morgan fingerprint density at radius 1 is 1.14 bits per heavy atom. The minimum Gasteiger partial charge on any atom is -0.355 e. The summed E-state index contributed by atoms with van der Waals surface area (Å²) in [5.41, 5.74) is 1.60. The molecule has 1 aromatic rings. The third kappa shape index (κ3) is 4.86. The molecule has 0 heterocycles. The van der Waals surface area contributed by atoms with Crippen LogP contribution in [0.5, 0.6) is 0 Å². The lowest BCUT2D eigenvalue weighted by atomic mass is 10.1. The molecule has 3 N–H and O–H groups in total. The van der Waals surface area contributed by atoms with Gasteiger partial charge in [-0.15, -0.1) is 0 Å². The summed E-state index contributed by atoms with van der Waals surface area (Å²) in [6.45, 7) is 0.861. The van der Waals surface area contributed by atoms with E-state index < -0.39 is 0 Å². The zero-order chi connectivity index (χ0) is 15.1. The SMILES string of the molecule is CNC(=O)c1ccc(CNC(=O)CNC2CCCC2)cc1. The molecule has 0 radical (unpaired) electrons. The highest BCUT2D eigenvalue weighted by Gasteiger charge is 2.15. The van der Waals surface area contributed by atoms with Crippen molar-refractivity contribution in [2.75, 3.05) is 13.6 Å². The predicted molar refractivity (Wildman–Crippen MR) is 81.9 cm³/mol. The molecule has 2 amide bonds. The first-order valence-electron chi connectivity index (χ1n) is 7.50. The lowest BCUT2D eigenvalue weighted by Crippen LogP contribution is -2.37. The summed E-state index contributed by atoms with van der Waals surface area (Å²) in [6, 6.07) is 7.74. The third-order valence-corrected chi connectivity index (χ3v) is 3.84. The Morgan fingerprint density at radius 2 is 1.81 bits per heavy atom. The van der Waals surface area contributed by atoms with Crippen LogP contribution in [0, 0.1) is 0 Å². The molecule has 0 atom stereocenters. The van der Waals surface area contributed by atoms with Gasteiger partial charge in [-0.1, -0.05) is 25.0 Å². The van der Waals surface area contributed by atoms with Crippen LogP contribution in [0.2, 0.25) is 0 Å². The van der Waals surface area contributed by atoms with E-state index in [2.05, 4.69) is 16.0 Å². The van der Waals surface area contributed by atoms with Crippen molar-refractivity contribution in [2.45, 2.75) is 38.3 Å². The van der Waals surface area contributed by atoms with Crippen molar-refractivity contribution in [1.82, 2.24) is 16.0 Å². The normalized spacial score (nSPS) is 14.9. The van der Waals surface area contributed by atoms with E-state index in [-0.39, 0.29) is 11.8 Å². The van der Waals surface area contributed by atoms with E-state index in [0.717, 1.165) is 5.56 Å². The number of rotatable bonds is 6. The fraction of sp³-hybridized carbons (Fsp3) is 0.500. The Kier molecular flexibility index (Phi) is 5.75. The minimum absolute atomic E-state index is 0.0114. The first kappa shape index (κ1) is 15.5. The fourth-order valence-electron chi connectivity index (χ4n) is 2.55. The van der Waals surface area contributed by atoms with Gasteiger partial charge in [0.1, 0.15) is 0 Å². The van der Waals surface area contributed by atoms with Crippen molar-refractivity contribution in [2.24, 2.45) is 0 Å². The van der Waals surface area contributed by atoms with E-state index in [1.54, 1.807) is 19.2 Å². The lowest BCUT2D eigenvalue weighted by Gasteiger charge is -2.11. The van der Waals surface area contributed by atoms with E-state index in [1.807, 2.05) is 12.1 Å². The monoisotopic (exact) mass is 289 g/mol. The number of carbonyl (C=O) groups is 2. The van der Waals surface area contributed by atoms with Crippen LogP contribution in [-0.2, 0) is 11.3 Å². The molecule has 1 aliphatic rings. The molecule has 2 rings (SSSR count). The van der Waals surface area contributed by atoms with Crippen LogP contribution in [0.4, 0.5) is 0 Å². The molecular formula is C16H23N3O2. The molecule has 1 aliphatic carbocycles. The summed E-state index contributed by atoms with van der Waals surface area (Å²) < 4.78 is 0. The molecule has 0 saturated heterocycles. The first-order chi connectivity index (χ1) is 10.2. The average molecular weight is 289 g/mol. The maximum absolute atomic E-state index is 11.8. The Morgan fingerprint density at radius 3 is 2.43 bits per heavy atom. The molecule has 1 fully saturated rings. The van der Waals surface area contributed by atoms with E-state index in [1.165, 1.54) is 25.7 Å². The molecule has 5 nitrogen and oxygen atoms in total. The standard InChI is InChI=1S/C16H23N3O2/c1-17-16(21)13-8-6-12(7-9-13)10-19-15(20)11-18-14-4-2-3-5-14/h6-9,14,18H,2-5,10-11H2,1H3,(H,17,21)(H,19,20). The molecule has 0 spiro atoms. The molecule has 0 aliphatic heterocycles. The highest BCUT2D eigenvalue weighted by atomic mass is 16.2. The number of hydrogen-bond acceptors (Lipinski definition) is 3. The fourth-order valence-corrected chi connectivity index (χ4v) is 2.55. The van der Waals surface area contributed by atoms with E-state index in [9.17, 15) is 9.59 Å². The lowest BCUT2D eigenvalue weighted by molar-refractivity contribution is -0.120. The van der Waals surface area contributed by atoms with Crippen molar-refractivity contribution in [3.8, 4) is 0 Å². The van der Waals surface area contributed by atoms with Crippen LogP contribution in [0.3, 0.4) is 0 Å². The Hall–Kier alpha value is -1.88. The Balaban J connectivity index is 1.71. The van der Waals surface area contributed by atoms with Crippen molar-refractivity contribution in [3.05, 3.63) is 35.4 Å². The topological polar surface area (TPSA) is 70.2 Å². The van der Waals surface area contributed by atoms with E-state index >= 15 is 0 Å². The van der Waals surface area contributed by atoms with Gasteiger partial charge in [-0.05, 0) is 30.5 Å². The second kappa shape index (κ2) is 7.78. The zero-order valence-corrected chi connectivity index (χ0v) is 12.4. The summed E-state index contributed by atoms with van der Waals surface area (Å²) in [5.74, 6) is -0.0939. The average Bonchev–Trinajstić information content (AvgIpc) is 3.04. The maximum Gasteiger partial charge on any atom is 0.251 e. The van der Waals surface area contributed by atoms with Gasteiger partial charge >= 0.3 is 0 Å². The summed E-state index contributed by atoms with van der Waals surface area (Å²) >= 11 is 0. The molecule has 114 valence electrons. The molecule has 5 heteroatoms. The van der Waals surface area contributed by atoms with Crippen molar-refractivity contribution in [3.63, 3.8) is 0 Å². The molecule has 1 aromatic carbocycles. The van der Waals surface area contributed by atoms with Crippen LogP contribution < -0.4 is 16.0 Å². The second-order valence-electron chi connectivity index (χ2n) is 5.42. The number of benzene rings is 1. The molecule has 0 bridgehead atoms. The van der Waals surface area contributed by atoms with E-state index in [0.29, 0.717) is 24.7 Å². The van der Waals surface area contributed by atoms with Gasteiger partial charge in [0.25, 0.3) is 5.91 Å². The summed E-state index contributed by atoms with van der Waals surface area (Å²) in [6.07, 6.45) is 4.87. The van der Waals surface area contributed by atoms with Gasteiger partial charge in [0.05, 0.1) is 6.54 Å². The number of amides is 2. The van der Waals surface area contributed by atoms with Crippen molar-refractivity contribution < 1.29 is 9.59 Å². The van der Waals surface area contributed by atoms with Gasteiger partial charge < -0.3 is 16.0 Å². The number of hydrogen-bond donors (Lipinski definition) is 3. The summed E-state index contributed by atoms with van der Waals surface area (Å²) in [4.78, 5) is 23.2. The zero-order valence-electron chi connectivity index (χ0n) is 12.4. The minimum atomic E-state index is -0.105. The van der Waals surface area contributed by atoms with Gasteiger partial charge in [0, 0.05) is 25.2 Å². The van der Waals surface area contributed by atoms with Crippen LogP contribution in [0.1, 0.15) is 41.6 Å². The van der Waals surface area contributed by atoms with Gasteiger partial charge in [-0.25, -0.2) is 0 Å². The first-order valence-corrected chi connectivity index (χ1v) is 7.50. The highest BCUT2D eigenvalue weighted by molar-refractivity contribution is 5.93. The van der Waals surface area contributed by atoms with Crippen molar-refractivity contribution >= 4 is 11.8 Å². The highest BCUT2D eigenvalue weighted by Crippen LogP contribution is 2.17. The largest absolute Gasteiger partial charge is 0.355 e. The van der Waals surface area contributed by atoms with Crippen LogP contribution in [-0.4, -0.2) is 31.4 Å². The van der Waals surface area contributed by atoms with Crippen LogP contribution in [0.15, 0.2) is 24.3 Å². The number of carbonyl (C=O) groups excluding carboxylic acids is 2. The second-order valence-corrected chi connectivity index (χ2v) is 5.42. The van der Waals surface area contributed by atoms with E-state index in [4.69, 9.17) is 0 Å². The molecular weight excluding hydrogens is 266 g/mol. The van der Waals surface area contributed by atoms with Crippen molar-refractivity contribution in [1.29, 1.82) is 0 Å². The Labute approximate surface area is 125 Å². The van der Waals surface area contributed by atoms with Gasteiger partial charge in [0.15, 0.2) is 0 Å². The van der Waals surface area contributed by atoms with Gasteiger partial charge in [0.2, 0.25) is 5.91 Å². The molecule has 0 aromatic heterocycles. The van der Waals surface area contributed by atoms with Crippen LogP contribution in [0.25, 0.3) is 0 Å². The smallest absolute Gasteiger partial charge is 0.251 e. The number of nitrogens with one attached hydrogen (secondary N) is 3. The van der Waals surface area contributed by atoms with Gasteiger partial charge in [-0.3, -0.25) is 9.59 Å². The summed E-state index contributed by atoms with van der Waals surface area (Å²) in [5, 5.41) is 8.75.